The van der Waals surface area contributed by atoms with E-state index in [2.05, 4.69) is 0 Å². The van der Waals surface area contributed by atoms with Crippen LogP contribution in [0.15, 0.2) is 51.9 Å². The van der Waals surface area contributed by atoms with Crippen LogP contribution in [0, 0.1) is 0 Å². The molecule has 0 saturated carbocycles. The number of phenols is 1. The minimum Gasteiger partial charge on any atom is -0.507 e. The second-order valence-corrected chi connectivity index (χ2v) is 7.96. The molecule has 11 nitrogen and oxygen atoms in total. The maximum absolute atomic E-state index is 13.0. The first-order valence-electron chi connectivity index (χ1n) is 10.6. The maximum Gasteiger partial charge on any atom is 0.302 e. The van der Waals surface area contributed by atoms with Crippen LogP contribution in [0.25, 0.3) is 22.1 Å². The topological polar surface area (TPSA) is 165 Å². The average Bonchev–Trinajstić information content (AvgIpc) is 2.84. The van der Waals surface area contributed by atoms with Gasteiger partial charge in [0.05, 0.1) is 12.7 Å². The molecule has 0 unspecified atom stereocenters. The van der Waals surface area contributed by atoms with Gasteiger partial charge in [-0.2, -0.15) is 0 Å². The van der Waals surface area contributed by atoms with Crippen LogP contribution in [-0.2, 0) is 14.3 Å². The van der Waals surface area contributed by atoms with Crippen molar-refractivity contribution in [3.63, 3.8) is 0 Å². The van der Waals surface area contributed by atoms with E-state index in [9.17, 15) is 30.0 Å². The van der Waals surface area contributed by atoms with Gasteiger partial charge >= 0.3 is 5.97 Å². The molecule has 1 aliphatic heterocycles. The summed E-state index contributed by atoms with van der Waals surface area (Å²) in [6, 6.07) is 8.93. The third-order valence-electron chi connectivity index (χ3n) is 5.60. The summed E-state index contributed by atoms with van der Waals surface area (Å²) in [5.41, 5.74) is 0.384. The van der Waals surface area contributed by atoms with Gasteiger partial charge in [-0.05, 0) is 17.7 Å². The summed E-state index contributed by atoms with van der Waals surface area (Å²) >= 11 is 0. The minimum atomic E-state index is -1.60. The van der Waals surface area contributed by atoms with E-state index in [1.165, 1.54) is 44.6 Å². The number of aliphatic hydroxyl groups excluding tert-OH is 3. The van der Waals surface area contributed by atoms with E-state index in [-0.39, 0.29) is 34.6 Å². The van der Waals surface area contributed by atoms with E-state index >= 15 is 0 Å². The number of carbonyl (C=O) groups is 1. The van der Waals surface area contributed by atoms with Gasteiger partial charge in [0, 0.05) is 19.1 Å². The van der Waals surface area contributed by atoms with Crippen molar-refractivity contribution in [3.8, 4) is 28.4 Å². The summed E-state index contributed by atoms with van der Waals surface area (Å²) in [6.45, 7) is 0.847. The normalized spacial score (nSPS) is 24.2. The third-order valence-corrected chi connectivity index (χ3v) is 5.60. The van der Waals surface area contributed by atoms with Crippen molar-refractivity contribution >= 4 is 16.9 Å². The number of hydrogen-bond donors (Lipinski definition) is 4. The number of fused-ring (bicyclic) bond motifs is 1. The fourth-order valence-electron chi connectivity index (χ4n) is 3.72. The van der Waals surface area contributed by atoms with Crippen molar-refractivity contribution in [2.45, 2.75) is 37.6 Å². The summed E-state index contributed by atoms with van der Waals surface area (Å²) in [7, 11) is 1.43. The Hall–Kier alpha value is -3.64. The molecule has 1 aromatic heterocycles. The number of aliphatic hydroxyl groups is 3. The van der Waals surface area contributed by atoms with E-state index in [0.717, 1.165) is 0 Å². The molecule has 0 bridgehead atoms. The second-order valence-electron chi connectivity index (χ2n) is 7.96. The predicted molar refractivity (Wildman–Crippen MR) is 120 cm³/mol. The Morgan fingerprint density at radius 2 is 1.74 bits per heavy atom. The van der Waals surface area contributed by atoms with Gasteiger partial charge in [-0.25, -0.2) is 0 Å². The highest BCUT2D eigenvalue weighted by molar-refractivity contribution is 5.88. The van der Waals surface area contributed by atoms with Crippen molar-refractivity contribution < 1.29 is 48.6 Å². The van der Waals surface area contributed by atoms with Crippen molar-refractivity contribution in [3.05, 3.63) is 52.9 Å². The van der Waals surface area contributed by atoms with E-state index in [4.69, 9.17) is 23.4 Å². The van der Waals surface area contributed by atoms with Gasteiger partial charge in [0.25, 0.3) is 0 Å². The van der Waals surface area contributed by atoms with Gasteiger partial charge in [-0.15, -0.1) is 0 Å². The van der Waals surface area contributed by atoms with Gasteiger partial charge in [-0.3, -0.25) is 9.59 Å². The zero-order valence-electron chi connectivity index (χ0n) is 18.8. The zero-order valence-corrected chi connectivity index (χ0v) is 18.8. The minimum absolute atomic E-state index is 0.00808. The largest absolute Gasteiger partial charge is 0.507 e. The lowest BCUT2D eigenvalue weighted by Crippen LogP contribution is -2.60. The summed E-state index contributed by atoms with van der Waals surface area (Å²) in [5, 5.41) is 40.7. The van der Waals surface area contributed by atoms with Crippen molar-refractivity contribution in [1.82, 2.24) is 0 Å². The average molecular weight is 488 g/mol. The van der Waals surface area contributed by atoms with Crippen LogP contribution in [0.5, 0.6) is 17.2 Å². The monoisotopic (exact) mass is 488 g/mol. The first-order chi connectivity index (χ1) is 16.7. The molecule has 1 fully saturated rings. The Morgan fingerprint density at radius 1 is 1.03 bits per heavy atom. The lowest BCUT2D eigenvalue weighted by atomic mass is 9.99. The van der Waals surface area contributed by atoms with Crippen LogP contribution < -0.4 is 14.9 Å². The summed E-state index contributed by atoms with van der Waals surface area (Å²) in [4.78, 5) is 24.0. The Bertz CT molecular complexity index is 1270. The number of ether oxygens (including phenoxy) is 4. The number of carbonyl (C=O) groups excluding carboxylic acids is 1. The quantitative estimate of drug-likeness (QED) is 0.365. The highest BCUT2D eigenvalue weighted by Crippen LogP contribution is 2.31. The zero-order chi connectivity index (χ0) is 25.3. The second kappa shape index (κ2) is 9.92. The number of aromatic hydroxyl groups is 1. The van der Waals surface area contributed by atoms with Crippen LogP contribution in [0.4, 0.5) is 0 Å². The van der Waals surface area contributed by atoms with Crippen LogP contribution in [0.3, 0.4) is 0 Å². The van der Waals surface area contributed by atoms with Gasteiger partial charge in [-0.1, -0.05) is 12.1 Å². The molecular formula is C24H24O11. The highest BCUT2D eigenvalue weighted by Gasteiger charge is 2.45. The van der Waals surface area contributed by atoms with E-state index in [1.807, 2.05) is 0 Å². The molecule has 4 N–H and O–H groups in total. The molecule has 0 radical (unpaired) electrons. The first kappa shape index (κ1) is 24.5. The van der Waals surface area contributed by atoms with Gasteiger partial charge in [0.15, 0.2) is 0 Å². The summed E-state index contributed by atoms with van der Waals surface area (Å²) < 4.78 is 26.5. The van der Waals surface area contributed by atoms with Gasteiger partial charge in [0.1, 0.15) is 65.5 Å². The summed E-state index contributed by atoms with van der Waals surface area (Å²) in [5.74, 6) is -0.305. The van der Waals surface area contributed by atoms with E-state index < -0.39 is 42.1 Å². The number of benzene rings is 2. The molecule has 186 valence electrons. The van der Waals surface area contributed by atoms with Crippen molar-refractivity contribution in [2.24, 2.45) is 0 Å². The number of esters is 1. The number of phenolic OH excluding ortho intramolecular Hbond substituents is 1. The van der Waals surface area contributed by atoms with Crippen LogP contribution in [0.2, 0.25) is 0 Å². The lowest BCUT2D eigenvalue weighted by Gasteiger charge is -2.39. The molecule has 2 heterocycles. The Morgan fingerprint density at radius 3 is 2.40 bits per heavy atom. The molecule has 5 atom stereocenters. The van der Waals surface area contributed by atoms with Crippen molar-refractivity contribution in [2.75, 3.05) is 13.7 Å². The van der Waals surface area contributed by atoms with Crippen molar-refractivity contribution in [1.29, 1.82) is 0 Å². The molecule has 4 rings (SSSR count). The Balaban J connectivity index is 1.54. The molecular weight excluding hydrogens is 464 g/mol. The Kier molecular flexibility index (Phi) is 6.94. The fourth-order valence-corrected chi connectivity index (χ4v) is 3.72. The van der Waals surface area contributed by atoms with E-state index in [1.54, 1.807) is 12.1 Å². The lowest BCUT2D eigenvalue weighted by molar-refractivity contribution is -0.278. The van der Waals surface area contributed by atoms with Gasteiger partial charge in [0.2, 0.25) is 11.7 Å². The maximum atomic E-state index is 13.0. The van der Waals surface area contributed by atoms with Crippen LogP contribution in [0.1, 0.15) is 6.92 Å². The third kappa shape index (κ3) is 4.93. The van der Waals surface area contributed by atoms with Gasteiger partial charge < -0.3 is 43.8 Å². The Labute approximate surface area is 198 Å². The SMILES string of the molecule is COc1cc(O)c2c(=O)c(-c3ccc(O[C@@H]4O[C@H](COC(C)=O)[C@@H](O)[C@H](O)[C@H]4O)cc3)coc2c1. The molecule has 0 spiro atoms. The molecule has 11 heteroatoms. The van der Waals surface area contributed by atoms with E-state index in [0.29, 0.717) is 11.3 Å². The highest BCUT2D eigenvalue weighted by atomic mass is 16.7. The predicted octanol–water partition coefficient (Wildman–Crippen LogP) is 0.924. The molecule has 1 aliphatic rings. The molecule has 35 heavy (non-hydrogen) atoms. The summed E-state index contributed by atoms with van der Waals surface area (Å²) in [6.07, 6.45) is -5.87. The number of rotatable bonds is 6. The standard InChI is InChI=1S/C24H24O11/c1-11(25)32-10-18-21(28)22(29)23(30)24(35-18)34-13-5-3-12(4-6-13)15-9-33-17-8-14(31-2)7-16(26)19(17)20(15)27/h3-9,18,21-24,26,28-30H,10H2,1-2H3/t18-,21-,22+,23-,24-/m1/s1. The van der Waals surface area contributed by atoms with Crippen LogP contribution >= 0.6 is 0 Å². The molecule has 0 aliphatic carbocycles. The van der Waals surface area contributed by atoms with Crippen LogP contribution in [-0.4, -0.2) is 70.8 Å². The first-order valence-corrected chi connectivity index (χ1v) is 10.6. The fraction of sp³-hybridized carbons (Fsp3) is 0.333. The molecule has 2 aromatic carbocycles. The molecule has 0 amide bonds. The molecule has 3 aromatic rings. The number of hydrogen-bond acceptors (Lipinski definition) is 11. The number of methoxy groups -OCH3 is 1. The molecule has 1 saturated heterocycles. The smallest absolute Gasteiger partial charge is 0.302 e.